The average molecular weight is 364 g/mol. The zero-order valence-corrected chi connectivity index (χ0v) is 15.2. The molecule has 1 aliphatic heterocycles. The molecule has 0 aromatic carbocycles. The lowest BCUT2D eigenvalue weighted by atomic mass is 10.4. The van der Waals surface area contributed by atoms with E-state index in [4.69, 9.17) is 0 Å². The average Bonchev–Trinajstić information content (AvgIpc) is 3.14. The van der Waals surface area contributed by atoms with Crippen LogP contribution in [0.15, 0.2) is 12.3 Å². The third kappa shape index (κ3) is 4.67. The summed E-state index contributed by atoms with van der Waals surface area (Å²) in [6, 6.07) is 1.62. The normalized spacial score (nSPS) is 16.8. The molecule has 1 saturated heterocycles. The van der Waals surface area contributed by atoms with E-state index in [9.17, 15) is 16.8 Å². The number of aryl methyl sites for hydroxylation is 1. The first kappa shape index (κ1) is 18.2. The number of hydrogen-bond donors (Lipinski definition) is 0. The van der Waals surface area contributed by atoms with Gasteiger partial charge in [0.25, 0.3) is 0 Å². The van der Waals surface area contributed by atoms with Crippen LogP contribution in [0.25, 0.3) is 0 Å². The van der Waals surface area contributed by atoms with Crippen molar-refractivity contribution in [1.29, 1.82) is 0 Å². The SMILES string of the molecule is CN(c1ccn(C)n1)S(=O)(=O)CCCCS(=O)(=O)N1CCCC1. The summed E-state index contributed by atoms with van der Waals surface area (Å²) >= 11 is 0. The summed E-state index contributed by atoms with van der Waals surface area (Å²) in [5.74, 6) is 0.281. The third-order valence-electron chi connectivity index (χ3n) is 3.95. The predicted molar refractivity (Wildman–Crippen MR) is 89.2 cm³/mol. The Kier molecular flexibility index (Phi) is 5.69. The lowest BCUT2D eigenvalue weighted by Gasteiger charge is -2.17. The number of unbranched alkanes of at least 4 members (excludes halogenated alkanes) is 1. The summed E-state index contributed by atoms with van der Waals surface area (Å²) in [6.45, 7) is 1.17. The molecule has 0 radical (unpaired) electrons. The summed E-state index contributed by atoms with van der Waals surface area (Å²) in [5, 5.41) is 4.06. The van der Waals surface area contributed by atoms with Gasteiger partial charge in [-0.1, -0.05) is 0 Å². The second-order valence-corrected chi connectivity index (χ2v) is 9.97. The predicted octanol–water partition coefficient (Wildman–Crippen LogP) is 0.392. The molecule has 0 amide bonds. The lowest BCUT2D eigenvalue weighted by Crippen LogP contribution is -2.31. The first-order chi connectivity index (χ1) is 10.7. The smallest absolute Gasteiger partial charge is 0.236 e. The van der Waals surface area contributed by atoms with Crippen molar-refractivity contribution in [2.24, 2.45) is 7.05 Å². The molecule has 2 rings (SSSR count). The van der Waals surface area contributed by atoms with Crippen molar-refractivity contribution < 1.29 is 16.8 Å². The summed E-state index contributed by atoms with van der Waals surface area (Å²) in [6.07, 6.45) is 4.13. The Morgan fingerprint density at radius 2 is 1.74 bits per heavy atom. The Labute approximate surface area is 138 Å². The maximum Gasteiger partial charge on any atom is 0.236 e. The van der Waals surface area contributed by atoms with Gasteiger partial charge in [0.05, 0.1) is 11.5 Å². The highest BCUT2D eigenvalue weighted by atomic mass is 32.2. The Morgan fingerprint density at radius 1 is 1.13 bits per heavy atom. The highest BCUT2D eigenvalue weighted by Crippen LogP contribution is 2.16. The van der Waals surface area contributed by atoms with Gasteiger partial charge in [-0.25, -0.2) is 21.1 Å². The van der Waals surface area contributed by atoms with Crippen LogP contribution >= 0.6 is 0 Å². The monoisotopic (exact) mass is 364 g/mol. The van der Waals surface area contributed by atoms with Gasteiger partial charge in [0.2, 0.25) is 20.0 Å². The van der Waals surface area contributed by atoms with Crippen molar-refractivity contribution in [3.05, 3.63) is 12.3 Å². The molecule has 1 aromatic heterocycles. The van der Waals surface area contributed by atoms with Crippen LogP contribution in [-0.2, 0) is 27.1 Å². The first-order valence-corrected chi connectivity index (χ1v) is 10.9. The maximum absolute atomic E-state index is 12.2. The minimum atomic E-state index is -3.49. The third-order valence-corrected chi connectivity index (χ3v) is 7.74. The minimum absolute atomic E-state index is 0.00974. The van der Waals surface area contributed by atoms with Crippen molar-refractivity contribution in [2.75, 3.05) is 35.9 Å². The molecule has 0 atom stereocenters. The Balaban J connectivity index is 1.83. The number of aromatic nitrogens is 2. The van der Waals surface area contributed by atoms with Crippen molar-refractivity contribution in [3.8, 4) is 0 Å². The van der Waals surface area contributed by atoms with E-state index in [-0.39, 0.29) is 11.5 Å². The molecule has 1 aromatic rings. The van der Waals surface area contributed by atoms with Crippen molar-refractivity contribution in [2.45, 2.75) is 25.7 Å². The van der Waals surface area contributed by atoms with Crippen molar-refractivity contribution >= 4 is 25.9 Å². The van der Waals surface area contributed by atoms with Gasteiger partial charge in [0, 0.05) is 39.4 Å². The maximum atomic E-state index is 12.2. The molecule has 0 spiro atoms. The van der Waals surface area contributed by atoms with Crippen LogP contribution in [0.2, 0.25) is 0 Å². The van der Waals surface area contributed by atoms with Crippen LogP contribution in [0.4, 0.5) is 5.82 Å². The van der Waals surface area contributed by atoms with E-state index in [2.05, 4.69) is 5.10 Å². The lowest BCUT2D eigenvalue weighted by molar-refractivity contribution is 0.475. The van der Waals surface area contributed by atoms with Gasteiger partial charge in [0.1, 0.15) is 0 Å². The van der Waals surface area contributed by atoms with E-state index in [1.165, 1.54) is 16.0 Å². The number of anilines is 1. The van der Waals surface area contributed by atoms with Crippen LogP contribution in [0.5, 0.6) is 0 Å². The number of nitrogens with zero attached hydrogens (tertiary/aromatic N) is 4. The zero-order valence-electron chi connectivity index (χ0n) is 13.5. The molecule has 0 bridgehead atoms. The molecule has 2 heterocycles. The number of rotatable bonds is 8. The molecule has 0 unspecified atom stereocenters. The highest BCUT2D eigenvalue weighted by Gasteiger charge is 2.25. The fourth-order valence-corrected chi connectivity index (χ4v) is 5.38. The van der Waals surface area contributed by atoms with E-state index in [0.717, 1.165) is 17.1 Å². The fraction of sp³-hybridized carbons (Fsp3) is 0.769. The van der Waals surface area contributed by atoms with Crippen LogP contribution in [0.3, 0.4) is 0 Å². The van der Waals surface area contributed by atoms with Gasteiger partial charge in [-0.3, -0.25) is 8.99 Å². The Bertz CT molecular complexity index is 721. The fourth-order valence-electron chi connectivity index (χ4n) is 2.51. The van der Waals surface area contributed by atoms with Crippen molar-refractivity contribution in [1.82, 2.24) is 14.1 Å². The van der Waals surface area contributed by atoms with Crippen LogP contribution in [0.1, 0.15) is 25.7 Å². The van der Waals surface area contributed by atoms with Gasteiger partial charge in [-0.2, -0.15) is 5.10 Å². The van der Waals surface area contributed by atoms with E-state index < -0.39 is 20.0 Å². The summed E-state index contributed by atoms with van der Waals surface area (Å²) in [4.78, 5) is 0. The standard InChI is InChI=1S/C13H24N4O4S2/c1-15-10-7-13(14-15)16(2)22(18,19)11-5-6-12-23(20,21)17-8-3-4-9-17/h7,10H,3-6,8-9,11-12H2,1-2H3. The highest BCUT2D eigenvalue weighted by molar-refractivity contribution is 7.92. The quantitative estimate of drug-likeness (QED) is 0.622. The summed E-state index contributed by atoms with van der Waals surface area (Å²) in [7, 11) is -3.55. The van der Waals surface area contributed by atoms with Crippen LogP contribution in [0, 0.1) is 0 Å². The van der Waals surface area contributed by atoms with E-state index in [0.29, 0.717) is 31.7 Å². The van der Waals surface area contributed by atoms with Gasteiger partial charge in [-0.05, 0) is 25.7 Å². The minimum Gasteiger partial charge on any atom is -0.274 e. The second-order valence-electron chi connectivity index (χ2n) is 5.76. The molecule has 10 heteroatoms. The van der Waals surface area contributed by atoms with Crippen LogP contribution in [-0.4, -0.2) is 62.6 Å². The molecule has 132 valence electrons. The number of hydrogen-bond acceptors (Lipinski definition) is 5. The van der Waals surface area contributed by atoms with E-state index >= 15 is 0 Å². The van der Waals surface area contributed by atoms with Gasteiger partial charge in [-0.15, -0.1) is 0 Å². The van der Waals surface area contributed by atoms with Gasteiger partial charge >= 0.3 is 0 Å². The Morgan fingerprint density at radius 3 is 2.30 bits per heavy atom. The summed E-state index contributed by atoms with van der Waals surface area (Å²) in [5.41, 5.74) is 0. The molecule has 23 heavy (non-hydrogen) atoms. The molecule has 8 nitrogen and oxygen atoms in total. The molecule has 1 aliphatic rings. The molecule has 0 N–H and O–H groups in total. The largest absolute Gasteiger partial charge is 0.274 e. The molecular formula is C13H24N4O4S2. The van der Waals surface area contributed by atoms with E-state index in [1.807, 2.05) is 0 Å². The summed E-state index contributed by atoms with van der Waals surface area (Å²) < 4.78 is 52.8. The molecule has 1 fully saturated rings. The van der Waals surface area contributed by atoms with Gasteiger partial charge in [0.15, 0.2) is 5.82 Å². The first-order valence-electron chi connectivity index (χ1n) is 7.66. The number of sulfonamides is 2. The Hall–Kier alpha value is -1.13. The second kappa shape index (κ2) is 7.18. The van der Waals surface area contributed by atoms with Crippen molar-refractivity contribution in [3.63, 3.8) is 0 Å². The van der Waals surface area contributed by atoms with Crippen LogP contribution < -0.4 is 4.31 Å². The molecule has 0 saturated carbocycles. The molecular weight excluding hydrogens is 340 g/mol. The van der Waals surface area contributed by atoms with Gasteiger partial charge < -0.3 is 0 Å². The molecule has 0 aliphatic carbocycles. The van der Waals surface area contributed by atoms with E-state index in [1.54, 1.807) is 19.3 Å². The topological polar surface area (TPSA) is 92.6 Å². The zero-order chi connectivity index (χ0) is 17.1.